The van der Waals surface area contributed by atoms with E-state index in [2.05, 4.69) is 9.97 Å². The summed E-state index contributed by atoms with van der Waals surface area (Å²) in [4.78, 5) is 20.1. The van der Waals surface area contributed by atoms with Gasteiger partial charge in [0.15, 0.2) is 5.82 Å². The zero-order chi connectivity index (χ0) is 9.26. The molecule has 0 spiro atoms. The molecule has 4 nitrogen and oxygen atoms in total. The summed E-state index contributed by atoms with van der Waals surface area (Å²) in [7, 11) is 1.79. The molecule has 0 fully saturated rings. The lowest BCUT2D eigenvalue weighted by atomic mass is 10.3. The number of thiazole rings is 1. The molecule has 0 saturated heterocycles. The molecule has 0 amide bonds. The lowest BCUT2D eigenvalue weighted by Gasteiger charge is -1.96. The van der Waals surface area contributed by atoms with Crippen molar-refractivity contribution in [2.24, 2.45) is 7.05 Å². The molecule has 66 valence electrons. The Labute approximate surface area is 78.9 Å². The molecule has 0 aromatic carbocycles. The van der Waals surface area contributed by atoms with Gasteiger partial charge >= 0.3 is 0 Å². The van der Waals surface area contributed by atoms with Crippen molar-refractivity contribution >= 4 is 17.1 Å². The Morgan fingerprint density at radius 3 is 3.00 bits per heavy atom. The van der Waals surface area contributed by atoms with Gasteiger partial charge in [0.25, 0.3) is 0 Å². The predicted molar refractivity (Wildman–Crippen MR) is 48.8 cm³/mol. The van der Waals surface area contributed by atoms with Gasteiger partial charge in [-0.3, -0.25) is 9.78 Å². The van der Waals surface area contributed by atoms with Gasteiger partial charge in [0.05, 0.1) is 10.4 Å². The molecule has 2 aromatic rings. The summed E-state index contributed by atoms with van der Waals surface area (Å²) in [6, 6.07) is 0. The van der Waals surface area contributed by atoms with E-state index >= 15 is 0 Å². The molecule has 2 heterocycles. The number of carbonyl (C=O) groups excluding carboxylic acids is 1. The first-order valence-corrected chi connectivity index (χ1v) is 4.57. The van der Waals surface area contributed by atoms with Gasteiger partial charge in [-0.2, -0.15) is 0 Å². The van der Waals surface area contributed by atoms with Crippen LogP contribution in [0.5, 0.6) is 0 Å². The van der Waals surface area contributed by atoms with Gasteiger partial charge in [0.1, 0.15) is 0 Å². The maximum atomic E-state index is 11.7. The zero-order valence-electron chi connectivity index (χ0n) is 6.97. The highest BCUT2D eigenvalue weighted by Gasteiger charge is 2.14. The minimum Gasteiger partial charge on any atom is -0.331 e. The standard InChI is InChI=1S/C8H7N3OS/c1-11-3-2-10-8(11)7(12)6-4-9-5-13-6/h2-5H,1H3. The normalized spacial score (nSPS) is 10.2. The maximum absolute atomic E-state index is 11.7. The smallest absolute Gasteiger partial charge is 0.239 e. The van der Waals surface area contributed by atoms with E-state index in [0.717, 1.165) is 0 Å². The summed E-state index contributed by atoms with van der Waals surface area (Å²) in [5.74, 6) is 0.374. The largest absolute Gasteiger partial charge is 0.331 e. The van der Waals surface area contributed by atoms with Crippen LogP contribution in [0.4, 0.5) is 0 Å². The van der Waals surface area contributed by atoms with Gasteiger partial charge in [0.2, 0.25) is 5.78 Å². The first-order valence-electron chi connectivity index (χ1n) is 3.69. The lowest BCUT2D eigenvalue weighted by Crippen LogP contribution is -2.06. The van der Waals surface area contributed by atoms with E-state index < -0.39 is 0 Å². The first kappa shape index (κ1) is 8.12. The van der Waals surface area contributed by atoms with Crippen LogP contribution in [0.2, 0.25) is 0 Å². The maximum Gasteiger partial charge on any atom is 0.239 e. The molecule has 0 saturated carbocycles. The summed E-state index contributed by atoms with van der Waals surface area (Å²) in [5.41, 5.74) is 1.64. The first-order chi connectivity index (χ1) is 6.29. The number of rotatable bonds is 2. The van der Waals surface area contributed by atoms with Crippen molar-refractivity contribution in [3.05, 3.63) is 34.8 Å². The highest BCUT2D eigenvalue weighted by molar-refractivity contribution is 7.11. The third-order valence-corrected chi connectivity index (χ3v) is 2.45. The molecule has 13 heavy (non-hydrogen) atoms. The summed E-state index contributed by atoms with van der Waals surface area (Å²) in [5, 5.41) is 0. The number of hydrogen-bond acceptors (Lipinski definition) is 4. The predicted octanol–water partition coefficient (Wildman–Crippen LogP) is 1.11. The molecule has 0 atom stereocenters. The van der Waals surface area contributed by atoms with Gasteiger partial charge < -0.3 is 4.57 Å². The van der Waals surface area contributed by atoms with E-state index in [1.807, 2.05) is 0 Å². The van der Waals surface area contributed by atoms with Gasteiger partial charge in [-0.15, -0.1) is 11.3 Å². The van der Waals surface area contributed by atoms with Crippen molar-refractivity contribution in [3.8, 4) is 0 Å². The van der Waals surface area contributed by atoms with Crippen molar-refractivity contribution < 1.29 is 4.79 Å². The SMILES string of the molecule is Cn1ccnc1C(=O)c1cncs1. The second kappa shape index (κ2) is 3.10. The number of nitrogens with zero attached hydrogens (tertiary/aromatic N) is 3. The second-order valence-electron chi connectivity index (χ2n) is 2.56. The van der Waals surface area contributed by atoms with E-state index in [9.17, 15) is 4.79 Å². The summed E-state index contributed by atoms with van der Waals surface area (Å²) >= 11 is 1.32. The number of hydrogen-bond donors (Lipinski definition) is 0. The van der Waals surface area contributed by atoms with E-state index in [-0.39, 0.29) is 5.78 Å². The Kier molecular flexibility index (Phi) is 1.94. The minimum atomic E-state index is -0.0741. The fraction of sp³-hybridized carbons (Fsp3) is 0.125. The van der Waals surface area contributed by atoms with Gasteiger partial charge in [-0.1, -0.05) is 0 Å². The minimum absolute atomic E-state index is 0.0741. The molecule has 0 bridgehead atoms. The van der Waals surface area contributed by atoms with Crippen LogP contribution in [0.15, 0.2) is 24.1 Å². The van der Waals surface area contributed by atoms with Crippen LogP contribution in [0, 0.1) is 0 Å². The monoisotopic (exact) mass is 193 g/mol. The van der Waals surface area contributed by atoms with Crippen molar-refractivity contribution in [2.75, 3.05) is 0 Å². The Hall–Kier alpha value is -1.49. The second-order valence-corrected chi connectivity index (χ2v) is 3.44. The molecule has 0 N–H and O–H groups in total. The summed E-state index contributed by atoms with van der Waals surface area (Å²) in [6.07, 6.45) is 4.91. The van der Waals surface area contributed by atoms with Gasteiger partial charge in [0, 0.05) is 25.6 Å². The molecule has 2 aromatic heterocycles. The molecule has 0 aliphatic heterocycles. The Bertz CT molecular complexity index is 418. The number of imidazole rings is 1. The van der Waals surface area contributed by atoms with E-state index in [0.29, 0.717) is 10.7 Å². The third-order valence-electron chi connectivity index (χ3n) is 1.68. The third kappa shape index (κ3) is 1.38. The molecule has 0 aliphatic carbocycles. The van der Waals surface area contributed by atoms with Gasteiger partial charge in [-0.25, -0.2) is 4.98 Å². The highest BCUT2D eigenvalue weighted by Crippen LogP contribution is 2.10. The van der Waals surface area contributed by atoms with Gasteiger partial charge in [-0.05, 0) is 0 Å². The molecular weight excluding hydrogens is 186 g/mol. The van der Waals surface area contributed by atoms with Crippen LogP contribution in [-0.2, 0) is 7.05 Å². The van der Waals surface area contributed by atoms with Crippen LogP contribution in [-0.4, -0.2) is 20.3 Å². The van der Waals surface area contributed by atoms with E-state index in [1.165, 1.54) is 11.3 Å². The molecule has 0 unspecified atom stereocenters. The van der Waals surface area contributed by atoms with Crippen molar-refractivity contribution in [2.45, 2.75) is 0 Å². The fourth-order valence-electron chi connectivity index (χ4n) is 1.02. The molecule has 0 aliphatic rings. The quantitative estimate of drug-likeness (QED) is 0.671. The van der Waals surface area contributed by atoms with Crippen molar-refractivity contribution in [1.82, 2.24) is 14.5 Å². The van der Waals surface area contributed by atoms with Crippen LogP contribution < -0.4 is 0 Å². The number of aromatic nitrogens is 3. The van der Waals surface area contributed by atoms with Crippen LogP contribution in [0.1, 0.15) is 15.5 Å². The van der Waals surface area contributed by atoms with E-state index in [4.69, 9.17) is 0 Å². The van der Waals surface area contributed by atoms with Crippen LogP contribution in [0.25, 0.3) is 0 Å². The van der Waals surface area contributed by atoms with Crippen LogP contribution >= 0.6 is 11.3 Å². The van der Waals surface area contributed by atoms with Crippen LogP contribution in [0.3, 0.4) is 0 Å². The zero-order valence-corrected chi connectivity index (χ0v) is 7.78. The average molecular weight is 193 g/mol. The summed E-state index contributed by atoms with van der Waals surface area (Å²) < 4.78 is 1.70. The molecule has 5 heteroatoms. The number of ketones is 1. The Balaban J connectivity index is 2.39. The molecule has 0 radical (unpaired) electrons. The number of carbonyl (C=O) groups is 1. The molecule has 2 rings (SSSR count). The Morgan fingerprint density at radius 2 is 2.46 bits per heavy atom. The fourth-order valence-corrected chi connectivity index (χ4v) is 1.58. The highest BCUT2D eigenvalue weighted by atomic mass is 32.1. The average Bonchev–Trinajstić information content (AvgIpc) is 2.72. The Morgan fingerprint density at radius 1 is 1.62 bits per heavy atom. The lowest BCUT2D eigenvalue weighted by molar-refractivity contribution is 0.103. The summed E-state index contributed by atoms with van der Waals surface area (Å²) in [6.45, 7) is 0. The number of aryl methyl sites for hydroxylation is 1. The van der Waals surface area contributed by atoms with Crippen molar-refractivity contribution in [1.29, 1.82) is 0 Å². The van der Waals surface area contributed by atoms with Crippen molar-refractivity contribution in [3.63, 3.8) is 0 Å². The molecular formula is C8H7N3OS. The van der Waals surface area contributed by atoms with E-state index in [1.54, 1.807) is 35.7 Å². The topological polar surface area (TPSA) is 47.8 Å².